The molecule has 2 nitrogen and oxygen atoms in total. The van der Waals surface area contributed by atoms with Gasteiger partial charge in [-0.25, -0.2) is 0 Å². The van der Waals surface area contributed by atoms with Crippen LogP contribution in [0.3, 0.4) is 0 Å². The van der Waals surface area contributed by atoms with Gasteiger partial charge in [0.25, 0.3) is 5.91 Å². The second-order valence-electron chi connectivity index (χ2n) is 5.22. The molecule has 0 radical (unpaired) electrons. The zero-order valence-electron chi connectivity index (χ0n) is 11.4. The number of benzene rings is 2. The van der Waals surface area contributed by atoms with E-state index in [-0.39, 0.29) is 11.9 Å². The van der Waals surface area contributed by atoms with Crippen molar-refractivity contribution in [1.29, 1.82) is 0 Å². The highest BCUT2D eigenvalue weighted by Crippen LogP contribution is 2.33. The largest absolute Gasteiger partial charge is 0.332 e. The Morgan fingerprint density at radius 3 is 2.52 bits per heavy atom. The molecule has 1 amide bonds. The molecule has 1 heterocycles. The third-order valence-corrected chi connectivity index (χ3v) is 4.33. The van der Waals surface area contributed by atoms with E-state index in [0.29, 0.717) is 15.6 Å². The quantitative estimate of drug-likeness (QED) is 0.765. The maximum Gasteiger partial charge on any atom is 0.254 e. The highest BCUT2D eigenvalue weighted by atomic mass is 35.5. The third-order valence-electron chi connectivity index (χ3n) is 3.84. The monoisotopic (exact) mass is 319 g/mol. The third kappa shape index (κ3) is 3.07. The zero-order chi connectivity index (χ0) is 14.8. The highest BCUT2D eigenvalue weighted by molar-refractivity contribution is 6.31. The van der Waals surface area contributed by atoms with E-state index in [0.717, 1.165) is 24.9 Å². The van der Waals surface area contributed by atoms with Crippen molar-refractivity contribution in [2.24, 2.45) is 0 Å². The lowest BCUT2D eigenvalue weighted by molar-refractivity contribution is 0.0735. The van der Waals surface area contributed by atoms with Gasteiger partial charge in [-0.1, -0.05) is 41.4 Å². The van der Waals surface area contributed by atoms with Gasteiger partial charge in [-0.05, 0) is 48.7 Å². The summed E-state index contributed by atoms with van der Waals surface area (Å²) in [6.45, 7) is 0.776. The second kappa shape index (κ2) is 6.08. The lowest BCUT2D eigenvalue weighted by Gasteiger charge is -2.25. The molecule has 4 heteroatoms. The van der Waals surface area contributed by atoms with E-state index in [1.165, 1.54) is 0 Å². The molecule has 0 spiro atoms. The Kier molecular flexibility index (Phi) is 4.18. The van der Waals surface area contributed by atoms with Gasteiger partial charge in [0.05, 0.1) is 6.04 Å². The highest BCUT2D eigenvalue weighted by Gasteiger charge is 2.30. The van der Waals surface area contributed by atoms with Crippen LogP contribution < -0.4 is 0 Å². The first-order chi connectivity index (χ1) is 10.1. The molecule has 0 aliphatic carbocycles. The van der Waals surface area contributed by atoms with Crippen LogP contribution in [-0.2, 0) is 0 Å². The fraction of sp³-hybridized carbons (Fsp3) is 0.235. The minimum atomic E-state index is 0.0370. The van der Waals surface area contributed by atoms with Crippen molar-refractivity contribution in [3.05, 3.63) is 69.7 Å². The van der Waals surface area contributed by atoms with Gasteiger partial charge in [0, 0.05) is 22.2 Å². The van der Waals surface area contributed by atoms with Gasteiger partial charge in [0.15, 0.2) is 0 Å². The van der Waals surface area contributed by atoms with Gasteiger partial charge >= 0.3 is 0 Å². The fourth-order valence-electron chi connectivity index (χ4n) is 2.83. The number of carbonyl (C=O) groups is 1. The van der Waals surface area contributed by atoms with E-state index < -0.39 is 0 Å². The van der Waals surface area contributed by atoms with Crippen LogP contribution in [0, 0.1) is 0 Å². The van der Waals surface area contributed by atoms with E-state index in [1.807, 2.05) is 41.3 Å². The number of carbonyl (C=O) groups excluding carboxylic acids is 1. The number of hydrogen-bond acceptors (Lipinski definition) is 1. The molecule has 1 unspecified atom stereocenters. The average molecular weight is 320 g/mol. The predicted molar refractivity (Wildman–Crippen MR) is 85.9 cm³/mol. The summed E-state index contributed by atoms with van der Waals surface area (Å²) >= 11 is 11.9. The molecule has 0 N–H and O–H groups in total. The SMILES string of the molecule is O=C(c1cccc(Cl)c1)N1CCCC1c1ccc(Cl)cc1. The summed E-state index contributed by atoms with van der Waals surface area (Å²) < 4.78 is 0. The molecule has 3 rings (SSSR count). The Morgan fingerprint density at radius 1 is 1.05 bits per heavy atom. The van der Waals surface area contributed by atoms with Crippen molar-refractivity contribution in [2.45, 2.75) is 18.9 Å². The number of rotatable bonds is 2. The first kappa shape index (κ1) is 14.4. The van der Waals surface area contributed by atoms with Crippen LogP contribution in [0.5, 0.6) is 0 Å². The Hall–Kier alpha value is -1.51. The van der Waals surface area contributed by atoms with Crippen LogP contribution in [0.4, 0.5) is 0 Å². The van der Waals surface area contributed by atoms with E-state index in [4.69, 9.17) is 23.2 Å². The molecule has 1 aliphatic heterocycles. The van der Waals surface area contributed by atoms with Crippen molar-refractivity contribution in [3.8, 4) is 0 Å². The van der Waals surface area contributed by atoms with Gasteiger partial charge in [-0.15, -0.1) is 0 Å². The topological polar surface area (TPSA) is 20.3 Å². The molecule has 0 bridgehead atoms. The smallest absolute Gasteiger partial charge is 0.254 e. The molecule has 1 aliphatic rings. The van der Waals surface area contributed by atoms with Gasteiger partial charge in [0.2, 0.25) is 0 Å². The first-order valence-corrected chi connectivity index (χ1v) is 7.73. The Bertz CT molecular complexity index is 654. The Balaban J connectivity index is 1.87. The molecule has 21 heavy (non-hydrogen) atoms. The van der Waals surface area contributed by atoms with Crippen molar-refractivity contribution < 1.29 is 4.79 Å². The molecule has 0 aromatic heterocycles. The standard InChI is InChI=1S/C17H15Cl2NO/c18-14-8-6-12(7-9-14)16-5-2-10-20(16)17(21)13-3-1-4-15(19)11-13/h1,3-4,6-9,11,16H,2,5,10H2. The minimum absolute atomic E-state index is 0.0370. The maximum absolute atomic E-state index is 12.7. The summed E-state index contributed by atoms with van der Waals surface area (Å²) in [5.74, 6) is 0.0370. The summed E-state index contributed by atoms with van der Waals surface area (Å²) in [5.41, 5.74) is 1.77. The summed E-state index contributed by atoms with van der Waals surface area (Å²) in [4.78, 5) is 14.6. The van der Waals surface area contributed by atoms with Crippen LogP contribution in [0.15, 0.2) is 48.5 Å². The molecule has 2 aromatic carbocycles. The minimum Gasteiger partial charge on any atom is -0.332 e. The molecule has 1 fully saturated rings. The zero-order valence-corrected chi connectivity index (χ0v) is 12.9. The number of nitrogens with zero attached hydrogens (tertiary/aromatic N) is 1. The van der Waals surface area contributed by atoms with Gasteiger partial charge in [0.1, 0.15) is 0 Å². The van der Waals surface area contributed by atoms with Gasteiger partial charge in [-0.3, -0.25) is 4.79 Å². The fourth-order valence-corrected chi connectivity index (χ4v) is 3.14. The molecule has 0 saturated carbocycles. The van der Waals surface area contributed by atoms with Crippen LogP contribution in [0.25, 0.3) is 0 Å². The second-order valence-corrected chi connectivity index (χ2v) is 6.09. The number of likely N-dealkylation sites (tertiary alicyclic amines) is 1. The lowest BCUT2D eigenvalue weighted by Crippen LogP contribution is -2.30. The van der Waals surface area contributed by atoms with E-state index in [2.05, 4.69) is 0 Å². The summed E-state index contributed by atoms with van der Waals surface area (Å²) in [5, 5.41) is 1.30. The van der Waals surface area contributed by atoms with Crippen LogP contribution in [0.1, 0.15) is 34.8 Å². The molecular formula is C17H15Cl2NO. The van der Waals surface area contributed by atoms with E-state index in [1.54, 1.807) is 12.1 Å². The van der Waals surface area contributed by atoms with Crippen molar-refractivity contribution >= 4 is 29.1 Å². The van der Waals surface area contributed by atoms with Gasteiger partial charge < -0.3 is 4.90 Å². The number of amides is 1. The molecular weight excluding hydrogens is 305 g/mol. The van der Waals surface area contributed by atoms with Crippen molar-refractivity contribution in [1.82, 2.24) is 4.90 Å². The van der Waals surface area contributed by atoms with Crippen molar-refractivity contribution in [2.75, 3.05) is 6.54 Å². The number of hydrogen-bond donors (Lipinski definition) is 0. The molecule has 1 saturated heterocycles. The van der Waals surface area contributed by atoms with Crippen LogP contribution in [-0.4, -0.2) is 17.4 Å². The summed E-state index contributed by atoms with van der Waals surface area (Å²) in [6.07, 6.45) is 1.99. The van der Waals surface area contributed by atoms with Crippen LogP contribution >= 0.6 is 23.2 Å². The number of halogens is 2. The summed E-state index contributed by atoms with van der Waals surface area (Å²) in [6, 6.07) is 15.0. The maximum atomic E-state index is 12.7. The predicted octanol–water partition coefficient (Wildman–Crippen LogP) is 4.97. The van der Waals surface area contributed by atoms with E-state index in [9.17, 15) is 4.79 Å². The Labute approximate surface area is 134 Å². The lowest BCUT2D eigenvalue weighted by atomic mass is 10.0. The Morgan fingerprint density at radius 2 is 1.81 bits per heavy atom. The van der Waals surface area contributed by atoms with Gasteiger partial charge in [-0.2, -0.15) is 0 Å². The van der Waals surface area contributed by atoms with Crippen molar-refractivity contribution in [3.63, 3.8) is 0 Å². The normalized spacial score (nSPS) is 18.0. The summed E-state index contributed by atoms with van der Waals surface area (Å²) in [7, 11) is 0. The van der Waals surface area contributed by atoms with E-state index >= 15 is 0 Å². The first-order valence-electron chi connectivity index (χ1n) is 6.97. The molecule has 1 atom stereocenters. The molecule has 2 aromatic rings. The average Bonchev–Trinajstić information content (AvgIpc) is 2.96. The van der Waals surface area contributed by atoms with Crippen LogP contribution in [0.2, 0.25) is 10.0 Å². The molecule has 108 valence electrons.